The molecular weight excluding hydrogens is 262 g/mol. The molecule has 20 heavy (non-hydrogen) atoms. The van der Waals surface area contributed by atoms with E-state index in [1.807, 2.05) is 0 Å². The Bertz CT molecular complexity index is 496. The van der Waals surface area contributed by atoms with E-state index >= 15 is 0 Å². The summed E-state index contributed by atoms with van der Waals surface area (Å²) >= 11 is 0. The monoisotopic (exact) mass is 281 g/mol. The number of nitrogens with zero attached hydrogens (tertiary/aromatic N) is 2. The summed E-state index contributed by atoms with van der Waals surface area (Å²) in [7, 11) is 0. The predicted octanol–water partition coefficient (Wildman–Crippen LogP) is -0.941. The first kappa shape index (κ1) is 14.4. The van der Waals surface area contributed by atoms with Gasteiger partial charge in [0.05, 0.1) is 11.8 Å². The fourth-order valence-corrected chi connectivity index (χ4v) is 2.28. The van der Waals surface area contributed by atoms with Crippen LogP contribution in [0.1, 0.15) is 6.42 Å². The number of pyridine rings is 1. The van der Waals surface area contributed by atoms with Crippen LogP contribution in [0.2, 0.25) is 0 Å². The highest BCUT2D eigenvalue weighted by Gasteiger charge is 2.39. The highest BCUT2D eigenvalue weighted by Crippen LogP contribution is 2.27. The molecule has 0 saturated carbocycles. The van der Waals surface area contributed by atoms with Crippen LogP contribution in [0.25, 0.3) is 0 Å². The molecule has 2 heterocycles. The molecule has 1 aromatic heterocycles. The van der Waals surface area contributed by atoms with Crippen molar-refractivity contribution in [3.63, 3.8) is 0 Å². The van der Waals surface area contributed by atoms with Crippen LogP contribution >= 0.6 is 0 Å². The molecule has 2 atom stereocenters. The minimum absolute atomic E-state index is 0.397. The van der Waals surface area contributed by atoms with E-state index in [1.165, 1.54) is 0 Å². The van der Waals surface area contributed by atoms with Gasteiger partial charge in [0.2, 0.25) is 0 Å². The fourth-order valence-electron chi connectivity index (χ4n) is 2.28. The second kappa shape index (κ2) is 5.93. The number of hydrogen-bond acceptors (Lipinski definition) is 7. The van der Waals surface area contributed by atoms with Crippen LogP contribution in [-0.4, -0.2) is 52.9 Å². The number of aliphatic hydroxyl groups excluding tert-OH is 1. The lowest BCUT2D eigenvalue weighted by Gasteiger charge is -2.24. The largest absolute Gasteiger partial charge is 0.480 e. The summed E-state index contributed by atoms with van der Waals surface area (Å²) in [5, 5.41) is 21.9. The Morgan fingerprint density at radius 2 is 2.30 bits per heavy atom. The van der Waals surface area contributed by atoms with Gasteiger partial charge in [0.15, 0.2) is 11.9 Å². The first-order valence-electron chi connectivity index (χ1n) is 6.42. The molecule has 1 aliphatic rings. The maximum atomic E-state index is 11.2. The third-order valence-electron chi connectivity index (χ3n) is 3.26. The molecule has 0 aliphatic carbocycles. The van der Waals surface area contributed by atoms with Gasteiger partial charge < -0.3 is 31.9 Å². The number of carboxylic acid groups (broad SMARTS) is 1. The Morgan fingerprint density at radius 1 is 1.55 bits per heavy atom. The molecule has 2 rings (SSSR count). The topological polar surface area (TPSA) is 138 Å². The van der Waals surface area contributed by atoms with Gasteiger partial charge in [0.1, 0.15) is 5.82 Å². The lowest BCUT2D eigenvalue weighted by Crippen LogP contribution is -2.42. The molecule has 0 radical (unpaired) electrons. The average molecular weight is 281 g/mol. The zero-order valence-corrected chi connectivity index (χ0v) is 11.0. The number of carboxylic acids is 1. The number of aliphatic hydroxyl groups is 1. The predicted molar refractivity (Wildman–Crippen MR) is 75.6 cm³/mol. The molecule has 1 aliphatic heterocycles. The molecule has 7 N–H and O–H groups in total. The van der Waals surface area contributed by atoms with E-state index in [0.717, 1.165) is 0 Å². The van der Waals surface area contributed by atoms with Crippen LogP contribution in [0.15, 0.2) is 12.1 Å². The second-order valence-corrected chi connectivity index (χ2v) is 4.66. The van der Waals surface area contributed by atoms with Crippen LogP contribution in [0.4, 0.5) is 17.3 Å². The number of hydrogen-bond donors (Lipinski definition) is 5. The van der Waals surface area contributed by atoms with Crippen LogP contribution < -0.4 is 21.7 Å². The van der Waals surface area contributed by atoms with Crippen LogP contribution in [0.5, 0.6) is 0 Å². The van der Waals surface area contributed by atoms with E-state index in [2.05, 4.69) is 10.3 Å². The molecule has 8 heteroatoms. The zero-order valence-electron chi connectivity index (χ0n) is 11.0. The number of carbonyl (C=O) groups is 1. The van der Waals surface area contributed by atoms with Crippen molar-refractivity contribution in [1.29, 1.82) is 0 Å². The van der Waals surface area contributed by atoms with Gasteiger partial charge in [0.25, 0.3) is 0 Å². The van der Waals surface area contributed by atoms with Crippen molar-refractivity contribution < 1.29 is 15.0 Å². The number of anilines is 3. The Hall–Kier alpha value is -2.06. The Labute approximate surface area is 116 Å². The van der Waals surface area contributed by atoms with Crippen LogP contribution in [-0.2, 0) is 4.79 Å². The number of aromatic nitrogens is 1. The van der Waals surface area contributed by atoms with E-state index in [9.17, 15) is 15.0 Å². The second-order valence-electron chi connectivity index (χ2n) is 4.66. The number of aliphatic carboxylic acids is 1. The summed E-state index contributed by atoms with van der Waals surface area (Å²) in [4.78, 5) is 17.1. The maximum absolute atomic E-state index is 11.2. The average Bonchev–Trinajstić information content (AvgIpc) is 2.80. The fraction of sp³-hybridized carbons (Fsp3) is 0.500. The van der Waals surface area contributed by atoms with Gasteiger partial charge in [0, 0.05) is 19.6 Å². The number of rotatable bonds is 5. The summed E-state index contributed by atoms with van der Waals surface area (Å²) in [6.45, 7) is 1.39. The number of nitrogen functional groups attached to an aromatic ring is 1. The number of nitrogens with one attached hydrogen (secondary N) is 1. The van der Waals surface area contributed by atoms with E-state index in [-0.39, 0.29) is 0 Å². The summed E-state index contributed by atoms with van der Waals surface area (Å²) in [6.07, 6.45) is -0.499. The third kappa shape index (κ3) is 2.75. The van der Waals surface area contributed by atoms with Gasteiger partial charge in [-0.2, -0.15) is 0 Å². The lowest BCUT2D eigenvalue weighted by atomic mass is 10.2. The van der Waals surface area contributed by atoms with E-state index in [4.69, 9.17) is 11.5 Å². The van der Waals surface area contributed by atoms with Gasteiger partial charge in [-0.25, -0.2) is 9.78 Å². The zero-order chi connectivity index (χ0) is 14.7. The van der Waals surface area contributed by atoms with Crippen molar-refractivity contribution >= 4 is 23.3 Å². The lowest BCUT2D eigenvalue weighted by molar-refractivity contribution is -0.140. The summed E-state index contributed by atoms with van der Waals surface area (Å²) in [5.41, 5.74) is 11.7. The summed E-state index contributed by atoms with van der Waals surface area (Å²) in [6, 6.07) is 2.33. The smallest absolute Gasteiger partial charge is 0.329 e. The maximum Gasteiger partial charge on any atom is 0.329 e. The SMILES string of the molecule is NCCNc1nc(N2CCC(O)C2C(=O)O)ccc1N. The van der Waals surface area contributed by atoms with Crippen molar-refractivity contribution in [2.75, 3.05) is 35.6 Å². The molecule has 0 spiro atoms. The summed E-state index contributed by atoms with van der Waals surface area (Å²) < 4.78 is 0. The van der Waals surface area contributed by atoms with E-state index in [1.54, 1.807) is 17.0 Å². The van der Waals surface area contributed by atoms with Crippen molar-refractivity contribution in [2.24, 2.45) is 5.73 Å². The molecule has 1 fully saturated rings. The van der Waals surface area contributed by atoms with Crippen LogP contribution in [0, 0.1) is 0 Å². The highest BCUT2D eigenvalue weighted by atomic mass is 16.4. The molecule has 0 amide bonds. The molecule has 8 nitrogen and oxygen atoms in total. The van der Waals surface area contributed by atoms with Gasteiger partial charge in [-0.05, 0) is 18.6 Å². The van der Waals surface area contributed by atoms with E-state index < -0.39 is 18.1 Å². The first-order chi connectivity index (χ1) is 9.54. The normalized spacial score (nSPS) is 22.0. The molecule has 1 saturated heterocycles. The van der Waals surface area contributed by atoms with Gasteiger partial charge in [-0.15, -0.1) is 0 Å². The molecule has 2 unspecified atom stereocenters. The highest BCUT2D eigenvalue weighted by molar-refractivity contribution is 5.80. The van der Waals surface area contributed by atoms with Crippen molar-refractivity contribution in [3.8, 4) is 0 Å². The molecule has 0 bridgehead atoms. The number of nitrogens with two attached hydrogens (primary N) is 2. The quantitative estimate of drug-likeness (QED) is 0.466. The third-order valence-corrected chi connectivity index (χ3v) is 3.26. The molecule has 1 aromatic rings. The minimum Gasteiger partial charge on any atom is -0.480 e. The molecule has 110 valence electrons. The van der Waals surface area contributed by atoms with Gasteiger partial charge in [-0.3, -0.25) is 0 Å². The Kier molecular flexibility index (Phi) is 4.26. The Balaban J connectivity index is 2.26. The van der Waals surface area contributed by atoms with Gasteiger partial charge in [-0.1, -0.05) is 0 Å². The summed E-state index contributed by atoms with van der Waals surface area (Å²) in [5.74, 6) is -0.119. The van der Waals surface area contributed by atoms with Crippen molar-refractivity contribution in [1.82, 2.24) is 4.98 Å². The molecular formula is C12H19N5O3. The molecule has 0 aromatic carbocycles. The standard InChI is InChI=1S/C12H19N5O3/c13-4-5-15-11-7(14)1-2-9(16-11)17-6-3-8(18)10(17)12(19)20/h1-2,8,10,18H,3-6,13-14H2,(H,15,16)(H,19,20). The van der Waals surface area contributed by atoms with Gasteiger partial charge >= 0.3 is 5.97 Å². The van der Waals surface area contributed by atoms with Crippen molar-refractivity contribution in [3.05, 3.63) is 12.1 Å². The van der Waals surface area contributed by atoms with E-state index in [0.29, 0.717) is 43.4 Å². The van der Waals surface area contributed by atoms with Crippen molar-refractivity contribution in [2.45, 2.75) is 18.6 Å². The minimum atomic E-state index is -1.06. The Morgan fingerprint density at radius 3 is 2.95 bits per heavy atom. The van der Waals surface area contributed by atoms with Crippen LogP contribution in [0.3, 0.4) is 0 Å². The first-order valence-corrected chi connectivity index (χ1v) is 6.42.